The number of ether oxygens (including phenoxy) is 1. The van der Waals surface area contributed by atoms with Gasteiger partial charge in [-0.25, -0.2) is 8.42 Å². The lowest BCUT2D eigenvalue weighted by Crippen LogP contribution is -2.18. The van der Waals surface area contributed by atoms with Crippen molar-refractivity contribution < 1.29 is 13.2 Å². The van der Waals surface area contributed by atoms with E-state index in [0.29, 0.717) is 24.4 Å². The first kappa shape index (κ1) is 17.2. The smallest absolute Gasteiger partial charge is 0.235 e. The largest absolute Gasteiger partial charge is 0.385 e. The van der Waals surface area contributed by atoms with E-state index in [0.717, 1.165) is 12.8 Å². The quantitative estimate of drug-likeness (QED) is 0.792. The standard InChI is InChI=1S/C12H19N3O3S.ClH/c1-18-7-5-11(13)12-8-9(4-6-14-12)15-19(16,17)10-2-3-10;/h4,6,8,10-11H,2-3,5,7,13H2,1H3,(H,14,15);1H. The third-order valence-electron chi connectivity index (χ3n) is 3.02. The second-order valence-corrected chi connectivity index (χ2v) is 6.66. The molecule has 0 aromatic carbocycles. The van der Waals surface area contributed by atoms with Gasteiger partial charge in [-0.1, -0.05) is 0 Å². The minimum atomic E-state index is -3.24. The van der Waals surface area contributed by atoms with Crippen LogP contribution in [0.3, 0.4) is 0 Å². The van der Waals surface area contributed by atoms with Gasteiger partial charge < -0.3 is 10.5 Å². The van der Waals surface area contributed by atoms with E-state index in [1.165, 1.54) is 0 Å². The monoisotopic (exact) mass is 321 g/mol. The Morgan fingerprint density at radius 2 is 2.25 bits per heavy atom. The molecule has 20 heavy (non-hydrogen) atoms. The molecule has 0 amide bonds. The van der Waals surface area contributed by atoms with E-state index in [9.17, 15) is 8.42 Å². The zero-order valence-corrected chi connectivity index (χ0v) is 12.9. The Morgan fingerprint density at radius 1 is 1.55 bits per heavy atom. The minimum Gasteiger partial charge on any atom is -0.385 e. The summed E-state index contributed by atoms with van der Waals surface area (Å²) in [5.41, 5.74) is 7.14. The fourth-order valence-corrected chi connectivity index (χ4v) is 3.11. The van der Waals surface area contributed by atoms with Gasteiger partial charge in [0.25, 0.3) is 0 Å². The number of rotatable bonds is 7. The fraction of sp³-hybridized carbons (Fsp3) is 0.583. The molecule has 2 rings (SSSR count). The molecule has 0 saturated heterocycles. The number of sulfonamides is 1. The predicted molar refractivity (Wildman–Crippen MR) is 80.5 cm³/mol. The Kier molecular flexibility index (Phi) is 6.19. The lowest BCUT2D eigenvalue weighted by atomic mass is 10.1. The molecule has 1 saturated carbocycles. The predicted octanol–water partition coefficient (Wildman–Crippen LogP) is 1.44. The minimum absolute atomic E-state index is 0. The van der Waals surface area contributed by atoms with Crippen molar-refractivity contribution in [3.63, 3.8) is 0 Å². The summed E-state index contributed by atoms with van der Waals surface area (Å²) < 4.78 is 31.2. The highest BCUT2D eigenvalue weighted by atomic mass is 35.5. The first-order valence-corrected chi connectivity index (χ1v) is 7.79. The Bertz CT molecular complexity index is 535. The van der Waals surface area contributed by atoms with Gasteiger partial charge in [-0.05, 0) is 31.4 Å². The van der Waals surface area contributed by atoms with Crippen molar-refractivity contribution in [1.82, 2.24) is 4.98 Å². The van der Waals surface area contributed by atoms with Gasteiger partial charge in [0.1, 0.15) is 0 Å². The number of anilines is 1. The molecule has 1 unspecified atom stereocenters. The Morgan fingerprint density at radius 3 is 2.85 bits per heavy atom. The Hall–Kier alpha value is -0.890. The van der Waals surface area contributed by atoms with Crippen LogP contribution in [0.15, 0.2) is 18.3 Å². The maximum absolute atomic E-state index is 11.8. The summed E-state index contributed by atoms with van der Waals surface area (Å²) in [5, 5.41) is -0.244. The SMILES string of the molecule is COCCC(N)c1cc(NS(=O)(=O)C2CC2)ccn1.Cl. The highest BCUT2D eigenvalue weighted by Crippen LogP contribution is 2.29. The lowest BCUT2D eigenvalue weighted by molar-refractivity contribution is 0.187. The van der Waals surface area contributed by atoms with Gasteiger partial charge in [-0.3, -0.25) is 9.71 Å². The molecule has 1 aromatic rings. The number of nitrogens with one attached hydrogen (secondary N) is 1. The van der Waals surface area contributed by atoms with Crippen LogP contribution in [0.4, 0.5) is 5.69 Å². The highest BCUT2D eigenvalue weighted by molar-refractivity contribution is 7.93. The summed E-state index contributed by atoms with van der Waals surface area (Å²) >= 11 is 0. The summed E-state index contributed by atoms with van der Waals surface area (Å²) in [4.78, 5) is 4.17. The maximum Gasteiger partial charge on any atom is 0.235 e. The van der Waals surface area contributed by atoms with E-state index in [-0.39, 0.29) is 23.7 Å². The van der Waals surface area contributed by atoms with Crippen molar-refractivity contribution in [2.45, 2.75) is 30.6 Å². The molecule has 0 spiro atoms. The van der Waals surface area contributed by atoms with E-state index in [4.69, 9.17) is 10.5 Å². The topological polar surface area (TPSA) is 94.3 Å². The second kappa shape index (κ2) is 7.21. The lowest BCUT2D eigenvalue weighted by Gasteiger charge is -2.12. The maximum atomic E-state index is 11.8. The van der Waals surface area contributed by atoms with E-state index in [2.05, 4.69) is 9.71 Å². The molecule has 1 fully saturated rings. The fourth-order valence-electron chi connectivity index (χ4n) is 1.73. The summed E-state index contributed by atoms with van der Waals surface area (Å²) in [7, 11) is -1.63. The van der Waals surface area contributed by atoms with Crippen LogP contribution in [-0.4, -0.2) is 32.4 Å². The molecule has 0 bridgehead atoms. The van der Waals surface area contributed by atoms with Crippen LogP contribution in [0.5, 0.6) is 0 Å². The van der Waals surface area contributed by atoms with E-state index in [1.807, 2.05) is 0 Å². The van der Waals surface area contributed by atoms with E-state index < -0.39 is 10.0 Å². The Labute approximate surface area is 125 Å². The molecule has 114 valence electrons. The van der Waals surface area contributed by atoms with Crippen LogP contribution in [0.1, 0.15) is 31.0 Å². The third kappa shape index (κ3) is 4.59. The number of hydrogen-bond donors (Lipinski definition) is 2. The molecule has 8 heteroatoms. The molecule has 1 aromatic heterocycles. The average molecular weight is 322 g/mol. The van der Waals surface area contributed by atoms with Gasteiger partial charge in [0.15, 0.2) is 0 Å². The average Bonchev–Trinajstić information content (AvgIpc) is 3.20. The van der Waals surface area contributed by atoms with Crippen LogP contribution in [0, 0.1) is 0 Å². The normalized spacial score (nSPS) is 16.3. The van der Waals surface area contributed by atoms with Crippen molar-refractivity contribution in [2.75, 3.05) is 18.4 Å². The molecule has 1 atom stereocenters. The third-order valence-corrected chi connectivity index (χ3v) is 4.89. The van der Waals surface area contributed by atoms with Crippen LogP contribution < -0.4 is 10.5 Å². The number of nitrogens with zero attached hydrogens (tertiary/aromatic N) is 1. The van der Waals surface area contributed by atoms with E-state index in [1.54, 1.807) is 25.4 Å². The Balaban J connectivity index is 0.00000200. The molecular weight excluding hydrogens is 302 g/mol. The summed E-state index contributed by atoms with van der Waals surface area (Å²) in [5.74, 6) is 0. The number of pyridine rings is 1. The molecule has 0 aliphatic heterocycles. The molecule has 0 radical (unpaired) electrons. The van der Waals surface area contributed by atoms with Crippen LogP contribution >= 0.6 is 12.4 Å². The van der Waals surface area contributed by atoms with Crippen molar-refractivity contribution in [1.29, 1.82) is 0 Å². The van der Waals surface area contributed by atoms with Crippen molar-refractivity contribution in [3.05, 3.63) is 24.0 Å². The number of aromatic nitrogens is 1. The molecule has 6 nitrogen and oxygen atoms in total. The number of methoxy groups -OCH3 is 1. The van der Waals surface area contributed by atoms with E-state index >= 15 is 0 Å². The summed E-state index contributed by atoms with van der Waals surface area (Å²) in [6.07, 6.45) is 3.68. The van der Waals surface area contributed by atoms with Crippen LogP contribution in [-0.2, 0) is 14.8 Å². The van der Waals surface area contributed by atoms with Crippen molar-refractivity contribution in [2.24, 2.45) is 5.73 Å². The number of hydrogen-bond acceptors (Lipinski definition) is 5. The molecule has 3 N–H and O–H groups in total. The number of halogens is 1. The first-order chi connectivity index (χ1) is 9.03. The van der Waals surface area contributed by atoms with Gasteiger partial charge in [0, 0.05) is 26.0 Å². The zero-order valence-electron chi connectivity index (χ0n) is 11.3. The van der Waals surface area contributed by atoms with Gasteiger partial charge in [-0.2, -0.15) is 0 Å². The molecule has 1 aliphatic carbocycles. The van der Waals surface area contributed by atoms with Crippen molar-refractivity contribution in [3.8, 4) is 0 Å². The van der Waals surface area contributed by atoms with Gasteiger partial charge in [0.2, 0.25) is 10.0 Å². The number of nitrogens with two attached hydrogens (primary N) is 1. The zero-order chi connectivity index (χ0) is 13.9. The van der Waals surface area contributed by atoms with Gasteiger partial charge in [-0.15, -0.1) is 12.4 Å². The first-order valence-electron chi connectivity index (χ1n) is 6.25. The summed E-state index contributed by atoms with van der Waals surface area (Å²) in [6.45, 7) is 0.543. The molecule has 1 heterocycles. The van der Waals surface area contributed by atoms with Gasteiger partial charge >= 0.3 is 0 Å². The van der Waals surface area contributed by atoms with Crippen LogP contribution in [0.2, 0.25) is 0 Å². The highest BCUT2D eigenvalue weighted by Gasteiger charge is 2.35. The van der Waals surface area contributed by atoms with Crippen LogP contribution in [0.25, 0.3) is 0 Å². The van der Waals surface area contributed by atoms with Gasteiger partial charge in [0.05, 0.1) is 16.6 Å². The van der Waals surface area contributed by atoms with Crippen molar-refractivity contribution >= 4 is 28.1 Å². The second-order valence-electron chi connectivity index (χ2n) is 4.70. The molecule has 1 aliphatic rings. The molecular formula is C12H20ClN3O3S. The summed E-state index contributed by atoms with van der Waals surface area (Å²) in [6, 6.07) is 3.05.